The molecule has 0 aliphatic carbocycles. The Morgan fingerprint density at radius 1 is 1.21 bits per heavy atom. The summed E-state index contributed by atoms with van der Waals surface area (Å²) in [6.45, 7) is 5.08. The zero-order valence-corrected chi connectivity index (χ0v) is 15.1. The summed E-state index contributed by atoms with van der Waals surface area (Å²) in [6.07, 6.45) is 4.10. The average molecular weight is 353 g/mol. The van der Waals surface area contributed by atoms with E-state index in [9.17, 15) is 13.2 Å². The van der Waals surface area contributed by atoms with Gasteiger partial charge in [0.1, 0.15) is 6.29 Å². The van der Waals surface area contributed by atoms with Crippen molar-refractivity contribution in [2.24, 2.45) is 5.92 Å². The Morgan fingerprint density at radius 3 is 2.46 bits per heavy atom. The highest BCUT2D eigenvalue weighted by Gasteiger charge is 2.19. The quantitative estimate of drug-likeness (QED) is 0.501. The first-order valence-electron chi connectivity index (χ1n) is 8.60. The van der Waals surface area contributed by atoms with Gasteiger partial charge in [0.05, 0.1) is 23.8 Å². The molecule has 1 fully saturated rings. The number of likely N-dealkylation sites (tertiary alicyclic amines) is 1. The van der Waals surface area contributed by atoms with Crippen molar-refractivity contribution in [2.75, 3.05) is 38.6 Å². The monoisotopic (exact) mass is 353 g/mol. The lowest BCUT2D eigenvalue weighted by Gasteiger charge is -2.30. The van der Waals surface area contributed by atoms with E-state index in [0.29, 0.717) is 24.0 Å². The summed E-state index contributed by atoms with van der Waals surface area (Å²) in [5, 5.41) is 0. The van der Waals surface area contributed by atoms with Crippen LogP contribution in [0.3, 0.4) is 0 Å². The minimum absolute atomic E-state index is 0.0232. The maximum absolute atomic E-state index is 12.2. The van der Waals surface area contributed by atoms with E-state index in [1.54, 1.807) is 12.1 Å². The van der Waals surface area contributed by atoms with Crippen LogP contribution in [0.5, 0.6) is 0 Å². The molecule has 24 heavy (non-hydrogen) atoms. The van der Waals surface area contributed by atoms with E-state index >= 15 is 0 Å². The molecule has 0 saturated carbocycles. The molecule has 1 aliphatic rings. The Labute approximate surface area is 144 Å². The Balaban J connectivity index is 1.87. The highest BCUT2D eigenvalue weighted by Crippen LogP contribution is 2.22. The summed E-state index contributed by atoms with van der Waals surface area (Å²) in [5.41, 5.74) is 1.17. The van der Waals surface area contributed by atoms with Gasteiger partial charge in [0.25, 0.3) is 0 Å². The lowest BCUT2D eigenvalue weighted by atomic mass is 9.90. The molecule has 0 unspecified atom stereocenters. The molecule has 1 aromatic carbocycles. The molecular weight excluding hydrogens is 326 g/mol. The van der Waals surface area contributed by atoms with Crippen molar-refractivity contribution < 1.29 is 17.9 Å². The van der Waals surface area contributed by atoms with Crippen LogP contribution < -0.4 is 0 Å². The number of benzene rings is 1. The molecule has 0 amide bonds. The number of piperidine rings is 1. The summed E-state index contributed by atoms with van der Waals surface area (Å²) in [6, 6.07) is 7.26. The summed E-state index contributed by atoms with van der Waals surface area (Å²) in [5.74, 6) is 0.628. The second kappa shape index (κ2) is 9.30. The highest BCUT2D eigenvalue weighted by molar-refractivity contribution is 7.91. The molecule has 0 aromatic heterocycles. The van der Waals surface area contributed by atoms with Crippen molar-refractivity contribution in [1.29, 1.82) is 0 Å². The van der Waals surface area contributed by atoms with Crippen molar-refractivity contribution >= 4 is 16.1 Å². The van der Waals surface area contributed by atoms with Gasteiger partial charge in [-0.3, -0.25) is 4.90 Å². The molecular formula is C18H27NO4S. The van der Waals surface area contributed by atoms with Crippen LogP contribution in [-0.4, -0.2) is 58.2 Å². The largest absolute Gasteiger partial charge is 0.381 e. The molecule has 6 heteroatoms. The highest BCUT2D eigenvalue weighted by atomic mass is 32.2. The number of sulfone groups is 1. The second-order valence-electron chi connectivity index (χ2n) is 6.27. The number of nitrogens with zero attached hydrogens (tertiary/aromatic N) is 1. The summed E-state index contributed by atoms with van der Waals surface area (Å²) in [7, 11) is -3.26. The van der Waals surface area contributed by atoms with Crippen LogP contribution in [-0.2, 0) is 25.8 Å². The van der Waals surface area contributed by atoms with Gasteiger partial charge < -0.3 is 9.53 Å². The predicted molar refractivity (Wildman–Crippen MR) is 93.9 cm³/mol. The fraction of sp³-hybridized carbons (Fsp3) is 0.611. The molecule has 5 nitrogen and oxygen atoms in total. The third-order valence-corrected chi connectivity index (χ3v) is 6.24. The van der Waals surface area contributed by atoms with Gasteiger partial charge in [0.2, 0.25) is 0 Å². The number of hydrogen-bond acceptors (Lipinski definition) is 5. The topological polar surface area (TPSA) is 63.7 Å². The maximum atomic E-state index is 12.2. The van der Waals surface area contributed by atoms with Crippen LogP contribution in [0, 0.1) is 5.92 Å². The van der Waals surface area contributed by atoms with Crippen LogP contribution in [0.1, 0.15) is 25.3 Å². The standard InChI is InChI=1S/C18H27NO4S/c1-2-23-13-14-24(21,22)18-5-3-16(4-6-18)15-17-7-9-19(10-8-17)11-12-20/h3-6,12,17H,2,7-11,13-15H2,1H3. The molecule has 134 valence electrons. The van der Waals surface area contributed by atoms with Gasteiger partial charge in [-0.1, -0.05) is 12.1 Å². The van der Waals surface area contributed by atoms with Crippen molar-refractivity contribution in [1.82, 2.24) is 4.90 Å². The van der Waals surface area contributed by atoms with E-state index in [4.69, 9.17) is 4.74 Å². The van der Waals surface area contributed by atoms with Gasteiger partial charge in [-0.15, -0.1) is 0 Å². The van der Waals surface area contributed by atoms with Gasteiger partial charge in [-0.05, 0) is 62.9 Å². The lowest BCUT2D eigenvalue weighted by Crippen LogP contribution is -2.35. The van der Waals surface area contributed by atoms with Crippen molar-refractivity contribution in [3.8, 4) is 0 Å². The fourth-order valence-electron chi connectivity index (χ4n) is 3.08. The summed E-state index contributed by atoms with van der Waals surface area (Å²) in [4.78, 5) is 13.1. The molecule has 0 radical (unpaired) electrons. The molecule has 0 spiro atoms. The molecule has 1 saturated heterocycles. The first-order chi connectivity index (χ1) is 11.5. The second-order valence-corrected chi connectivity index (χ2v) is 8.38. The minimum atomic E-state index is -3.26. The molecule has 0 atom stereocenters. The van der Waals surface area contributed by atoms with Crippen LogP contribution in [0.15, 0.2) is 29.2 Å². The Morgan fingerprint density at radius 2 is 1.88 bits per heavy atom. The predicted octanol–water partition coefficient (Wildman–Crippen LogP) is 1.95. The van der Waals surface area contributed by atoms with Crippen molar-refractivity contribution in [2.45, 2.75) is 31.1 Å². The average Bonchev–Trinajstić information content (AvgIpc) is 2.58. The summed E-state index contributed by atoms with van der Waals surface area (Å²) >= 11 is 0. The third-order valence-electron chi connectivity index (χ3n) is 4.55. The van der Waals surface area contributed by atoms with Crippen LogP contribution in [0.4, 0.5) is 0 Å². The summed E-state index contributed by atoms with van der Waals surface area (Å²) < 4.78 is 29.5. The van der Waals surface area contributed by atoms with Crippen molar-refractivity contribution in [3.05, 3.63) is 29.8 Å². The number of aldehydes is 1. The molecule has 0 bridgehead atoms. The van der Waals surface area contributed by atoms with E-state index in [0.717, 1.165) is 38.6 Å². The number of hydrogen-bond donors (Lipinski definition) is 0. The van der Waals surface area contributed by atoms with Gasteiger partial charge in [-0.2, -0.15) is 0 Å². The maximum Gasteiger partial charge on any atom is 0.180 e. The van der Waals surface area contributed by atoms with E-state index in [2.05, 4.69) is 4.90 Å². The van der Waals surface area contributed by atoms with E-state index in [1.165, 1.54) is 5.56 Å². The lowest BCUT2D eigenvalue weighted by molar-refractivity contribution is -0.109. The number of carbonyl (C=O) groups is 1. The third kappa shape index (κ3) is 5.69. The first kappa shape index (κ1) is 19.1. The smallest absolute Gasteiger partial charge is 0.180 e. The number of carbonyl (C=O) groups excluding carboxylic acids is 1. The van der Waals surface area contributed by atoms with Crippen LogP contribution in [0.25, 0.3) is 0 Å². The molecule has 1 heterocycles. The molecule has 1 aromatic rings. The van der Waals surface area contributed by atoms with Gasteiger partial charge in [-0.25, -0.2) is 8.42 Å². The van der Waals surface area contributed by atoms with Crippen LogP contribution >= 0.6 is 0 Å². The Bertz CT molecular complexity index is 604. The number of rotatable bonds is 9. The minimum Gasteiger partial charge on any atom is -0.381 e. The first-order valence-corrected chi connectivity index (χ1v) is 10.3. The SMILES string of the molecule is CCOCCS(=O)(=O)c1ccc(CC2CCN(CC=O)CC2)cc1. The van der Waals surface area contributed by atoms with E-state index in [-0.39, 0.29) is 12.4 Å². The number of ether oxygens (including phenoxy) is 1. The fourth-order valence-corrected chi connectivity index (χ4v) is 4.20. The van der Waals surface area contributed by atoms with Gasteiger partial charge in [0.15, 0.2) is 9.84 Å². The Kier molecular flexibility index (Phi) is 7.40. The molecule has 1 aliphatic heterocycles. The zero-order chi connectivity index (χ0) is 17.4. The van der Waals surface area contributed by atoms with Crippen LogP contribution in [0.2, 0.25) is 0 Å². The molecule has 2 rings (SSSR count). The zero-order valence-electron chi connectivity index (χ0n) is 14.3. The van der Waals surface area contributed by atoms with E-state index in [1.807, 2.05) is 19.1 Å². The van der Waals surface area contributed by atoms with Gasteiger partial charge in [0, 0.05) is 6.61 Å². The van der Waals surface area contributed by atoms with Gasteiger partial charge >= 0.3 is 0 Å². The Hall–Kier alpha value is -1.24. The van der Waals surface area contributed by atoms with E-state index < -0.39 is 9.84 Å². The molecule has 0 N–H and O–H groups in total. The normalized spacial score (nSPS) is 17.0. The van der Waals surface area contributed by atoms with Crippen molar-refractivity contribution in [3.63, 3.8) is 0 Å².